The number of amides is 2. The van der Waals surface area contributed by atoms with E-state index < -0.39 is 5.25 Å². The van der Waals surface area contributed by atoms with E-state index in [1.807, 2.05) is 97.1 Å². The third kappa shape index (κ3) is 5.28. The number of nitrogens with one attached hydrogen (secondary N) is 2. The first-order valence-electron chi connectivity index (χ1n) is 11.1. The molecule has 0 fully saturated rings. The molecule has 1 unspecified atom stereocenters. The maximum absolute atomic E-state index is 13.5. The summed E-state index contributed by atoms with van der Waals surface area (Å²) in [5.74, 6) is -0.169. The molecule has 0 radical (unpaired) electrons. The predicted octanol–water partition coefficient (Wildman–Crippen LogP) is 7.16. The molecule has 172 valence electrons. The van der Waals surface area contributed by atoms with Gasteiger partial charge in [0.05, 0.1) is 6.26 Å². The summed E-state index contributed by atoms with van der Waals surface area (Å²) in [6, 6.07) is 34.3. The van der Waals surface area contributed by atoms with Crippen LogP contribution in [-0.2, 0) is 4.79 Å². The van der Waals surface area contributed by atoms with E-state index in [-0.39, 0.29) is 17.6 Å². The van der Waals surface area contributed by atoms with Crippen LogP contribution in [0.4, 0.5) is 11.4 Å². The highest BCUT2D eigenvalue weighted by atomic mass is 32.2. The number of fused-ring (bicyclic) bond motifs is 1. The number of rotatable bonds is 7. The zero-order chi connectivity index (χ0) is 24.0. The van der Waals surface area contributed by atoms with Crippen LogP contribution in [0.3, 0.4) is 0 Å². The SMILES string of the molecule is O=C(Nc1ccc(SC(C(=O)Nc2cccc3ccccc23)c2ccccc2)cc1)c1ccco1. The van der Waals surface area contributed by atoms with Gasteiger partial charge in [0.1, 0.15) is 5.25 Å². The molecule has 0 saturated heterocycles. The minimum atomic E-state index is -0.460. The molecule has 0 aliphatic carbocycles. The Bertz CT molecular complexity index is 1440. The molecule has 35 heavy (non-hydrogen) atoms. The maximum atomic E-state index is 13.5. The lowest BCUT2D eigenvalue weighted by molar-refractivity contribution is -0.115. The third-order valence-electron chi connectivity index (χ3n) is 5.50. The fourth-order valence-electron chi connectivity index (χ4n) is 3.79. The van der Waals surface area contributed by atoms with E-state index in [0.29, 0.717) is 5.69 Å². The van der Waals surface area contributed by atoms with Gasteiger partial charge in [-0.25, -0.2) is 0 Å². The summed E-state index contributed by atoms with van der Waals surface area (Å²) in [5, 5.41) is 7.55. The molecule has 0 aliphatic heterocycles. The first kappa shape index (κ1) is 22.5. The Kier molecular flexibility index (Phi) is 6.63. The van der Waals surface area contributed by atoms with Crippen LogP contribution >= 0.6 is 11.8 Å². The summed E-state index contributed by atoms with van der Waals surface area (Å²) in [7, 11) is 0. The molecule has 1 aromatic heterocycles. The summed E-state index contributed by atoms with van der Waals surface area (Å²) < 4.78 is 5.13. The lowest BCUT2D eigenvalue weighted by atomic mass is 10.1. The minimum absolute atomic E-state index is 0.104. The van der Waals surface area contributed by atoms with Crippen molar-refractivity contribution in [2.75, 3.05) is 10.6 Å². The largest absolute Gasteiger partial charge is 0.459 e. The predicted molar refractivity (Wildman–Crippen MR) is 141 cm³/mol. The van der Waals surface area contributed by atoms with Crippen molar-refractivity contribution in [2.45, 2.75) is 10.1 Å². The number of hydrogen-bond acceptors (Lipinski definition) is 4. The monoisotopic (exact) mass is 478 g/mol. The molecular weight excluding hydrogens is 456 g/mol. The maximum Gasteiger partial charge on any atom is 0.291 e. The van der Waals surface area contributed by atoms with Gasteiger partial charge in [0, 0.05) is 21.7 Å². The van der Waals surface area contributed by atoms with E-state index in [9.17, 15) is 9.59 Å². The Hall–Kier alpha value is -4.29. The second kappa shape index (κ2) is 10.3. The van der Waals surface area contributed by atoms with Gasteiger partial charge in [0.15, 0.2) is 5.76 Å². The van der Waals surface area contributed by atoms with Gasteiger partial charge in [-0.1, -0.05) is 66.7 Å². The number of benzene rings is 4. The van der Waals surface area contributed by atoms with E-state index in [1.165, 1.54) is 18.0 Å². The summed E-state index contributed by atoms with van der Waals surface area (Å²) >= 11 is 1.46. The molecule has 6 heteroatoms. The molecule has 4 aromatic carbocycles. The van der Waals surface area contributed by atoms with E-state index in [0.717, 1.165) is 26.9 Å². The Morgan fingerprint density at radius 3 is 2.23 bits per heavy atom. The van der Waals surface area contributed by atoms with Crippen molar-refractivity contribution < 1.29 is 14.0 Å². The summed E-state index contributed by atoms with van der Waals surface area (Å²) in [6.07, 6.45) is 1.46. The van der Waals surface area contributed by atoms with Crippen LogP contribution in [0.2, 0.25) is 0 Å². The molecule has 1 heterocycles. The number of anilines is 2. The van der Waals surface area contributed by atoms with E-state index in [4.69, 9.17) is 4.42 Å². The Balaban J connectivity index is 1.36. The van der Waals surface area contributed by atoms with Crippen molar-refractivity contribution in [2.24, 2.45) is 0 Å². The number of carbonyl (C=O) groups is 2. The highest BCUT2D eigenvalue weighted by molar-refractivity contribution is 8.00. The van der Waals surface area contributed by atoms with Gasteiger partial charge in [-0.15, -0.1) is 11.8 Å². The highest BCUT2D eigenvalue weighted by Gasteiger charge is 2.23. The second-order valence-corrected chi connectivity index (χ2v) is 9.06. The summed E-state index contributed by atoms with van der Waals surface area (Å²) in [6.45, 7) is 0. The highest BCUT2D eigenvalue weighted by Crippen LogP contribution is 2.37. The first-order valence-corrected chi connectivity index (χ1v) is 12.0. The lowest BCUT2D eigenvalue weighted by Crippen LogP contribution is -2.19. The van der Waals surface area contributed by atoms with Crippen molar-refractivity contribution in [1.82, 2.24) is 0 Å². The first-order chi connectivity index (χ1) is 17.2. The quantitative estimate of drug-likeness (QED) is 0.244. The molecule has 5 aromatic rings. The Morgan fingerprint density at radius 2 is 1.46 bits per heavy atom. The average molecular weight is 479 g/mol. The van der Waals surface area contributed by atoms with Crippen LogP contribution in [0, 0.1) is 0 Å². The smallest absolute Gasteiger partial charge is 0.291 e. The topological polar surface area (TPSA) is 71.3 Å². The van der Waals surface area contributed by atoms with Gasteiger partial charge in [0.2, 0.25) is 5.91 Å². The van der Waals surface area contributed by atoms with Crippen LogP contribution in [0.25, 0.3) is 10.8 Å². The fourth-order valence-corrected chi connectivity index (χ4v) is 4.81. The van der Waals surface area contributed by atoms with Gasteiger partial charge in [0.25, 0.3) is 5.91 Å². The van der Waals surface area contributed by atoms with Gasteiger partial charge >= 0.3 is 0 Å². The van der Waals surface area contributed by atoms with Crippen LogP contribution in [0.5, 0.6) is 0 Å². The zero-order valence-electron chi connectivity index (χ0n) is 18.7. The summed E-state index contributed by atoms with van der Waals surface area (Å²) in [5.41, 5.74) is 2.34. The van der Waals surface area contributed by atoms with Crippen LogP contribution in [-0.4, -0.2) is 11.8 Å². The van der Waals surface area contributed by atoms with E-state index in [1.54, 1.807) is 12.1 Å². The third-order valence-corrected chi connectivity index (χ3v) is 6.77. The molecule has 0 aliphatic rings. The van der Waals surface area contributed by atoms with E-state index >= 15 is 0 Å². The second-order valence-electron chi connectivity index (χ2n) is 7.88. The number of carbonyl (C=O) groups excluding carboxylic acids is 2. The van der Waals surface area contributed by atoms with Crippen molar-refractivity contribution in [3.05, 3.63) is 127 Å². The lowest BCUT2D eigenvalue weighted by Gasteiger charge is -2.18. The van der Waals surface area contributed by atoms with Gasteiger partial charge < -0.3 is 15.1 Å². The molecule has 2 N–H and O–H groups in total. The Labute approximate surface area is 207 Å². The molecule has 2 amide bonds. The normalized spacial score (nSPS) is 11.7. The average Bonchev–Trinajstić information content (AvgIpc) is 3.44. The van der Waals surface area contributed by atoms with Crippen molar-refractivity contribution >= 4 is 45.7 Å². The number of furan rings is 1. The van der Waals surface area contributed by atoms with Gasteiger partial charge in [-0.3, -0.25) is 9.59 Å². The molecule has 1 atom stereocenters. The number of hydrogen-bond donors (Lipinski definition) is 2. The molecule has 0 saturated carbocycles. The van der Waals surface area contributed by atoms with Gasteiger partial charge in [-0.05, 0) is 53.4 Å². The fraction of sp³-hybridized carbons (Fsp3) is 0.0345. The molecule has 0 spiro atoms. The van der Waals surface area contributed by atoms with Crippen molar-refractivity contribution in [3.8, 4) is 0 Å². The van der Waals surface area contributed by atoms with Gasteiger partial charge in [-0.2, -0.15) is 0 Å². The van der Waals surface area contributed by atoms with Crippen LogP contribution in [0.1, 0.15) is 21.4 Å². The molecule has 0 bridgehead atoms. The molecule has 5 rings (SSSR count). The molecule has 5 nitrogen and oxygen atoms in total. The van der Waals surface area contributed by atoms with Crippen molar-refractivity contribution in [1.29, 1.82) is 0 Å². The number of thioether (sulfide) groups is 1. The van der Waals surface area contributed by atoms with Crippen LogP contribution in [0.15, 0.2) is 125 Å². The van der Waals surface area contributed by atoms with Crippen molar-refractivity contribution in [3.63, 3.8) is 0 Å². The molecular formula is C29H22N2O3S. The van der Waals surface area contributed by atoms with E-state index in [2.05, 4.69) is 10.6 Å². The Morgan fingerprint density at radius 1 is 0.714 bits per heavy atom. The minimum Gasteiger partial charge on any atom is -0.459 e. The zero-order valence-corrected chi connectivity index (χ0v) is 19.5. The standard InChI is InChI=1S/C29H22N2O3S/c32-28(26-14-7-19-34-26)30-22-15-17-23(18-16-22)35-27(21-9-2-1-3-10-21)29(33)31-25-13-6-11-20-8-4-5-12-24(20)25/h1-19,27H,(H,30,32)(H,31,33). The summed E-state index contributed by atoms with van der Waals surface area (Å²) in [4.78, 5) is 26.6. The van der Waals surface area contributed by atoms with Crippen LogP contribution < -0.4 is 10.6 Å².